The van der Waals surface area contributed by atoms with Crippen LogP contribution in [0.4, 0.5) is 17.3 Å². The van der Waals surface area contributed by atoms with E-state index in [4.69, 9.17) is 19.2 Å². The molecule has 2 aromatic rings. The Hall–Kier alpha value is -2.92. The van der Waals surface area contributed by atoms with E-state index >= 15 is 0 Å². The van der Waals surface area contributed by atoms with Crippen molar-refractivity contribution in [2.24, 2.45) is 23.7 Å². The minimum absolute atomic E-state index is 0.0729. The van der Waals surface area contributed by atoms with Crippen molar-refractivity contribution in [1.82, 2.24) is 25.0 Å². The van der Waals surface area contributed by atoms with Crippen molar-refractivity contribution in [2.75, 3.05) is 35.3 Å². The molecule has 3 N–H and O–H groups in total. The third kappa shape index (κ3) is 5.02. The Labute approximate surface area is 236 Å². The molecule has 11 nitrogen and oxygen atoms in total. The Bertz CT molecular complexity index is 1260. The van der Waals surface area contributed by atoms with Gasteiger partial charge in [0.2, 0.25) is 11.6 Å². The molecule has 0 radical (unpaired) electrons. The molecule has 0 amide bonds. The highest BCUT2D eigenvalue weighted by Gasteiger charge is 2.46. The molecule has 0 spiro atoms. The molecule has 3 fully saturated rings. The largest absolute Gasteiger partial charge is 0.439 e. The molecule has 4 aliphatic rings. The van der Waals surface area contributed by atoms with Crippen LogP contribution in [-0.4, -0.2) is 69.2 Å². The molecule has 7 atom stereocenters. The first-order valence-corrected chi connectivity index (χ1v) is 15.1. The summed E-state index contributed by atoms with van der Waals surface area (Å²) in [5.74, 6) is 3.97. The Balaban J connectivity index is 1.45. The minimum atomic E-state index is -0.625. The number of aromatic amines is 1. The molecule has 2 aliphatic heterocycles. The van der Waals surface area contributed by atoms with Crippen LogP contribution in [0.3, 0.4) is 0 Å². The predicted octanol–water partition coefficient (Wildman–Crippen LogP) is 4.28. The summed E-state index contributed by atoms with van der Waals surface area (Å²) in [4.78, 5) is 29.2. The van der Waals surface area contributed by atoms with Gasteiger partial charge in [0, 0.05) is 18.6 Å². The third-order valence-corrected chi connectivity index (χ3v) is 9.90. The van der Waals surface area contributed by atoms with E-state index in [1.54, 1.807) is 0 Å². The maximum Gasteiger partial charge on any atom is 0.439 e. The smallest absolute Gasteiger partial charge is 0.378 e. The van der Waals surface area contributed by atoms with Gasteiger partial charge in [0.25, 0.3) is 0 Å². The maximum absolute atomic E-state index is 11.8. The number of rotatable bonds is 8. The topological polar surface area (TPSA) is 124 Å². The molecule has 40 heavy (non-hydrogen) atoms. The highest BCUT2D eigenvalue weighted by molar-refractivity contribution is 5.85. The highest BCUT2D eigenvalue weighted by atomic mass is 16.5. The van der Waals surface area contributed by atoms with E-state index in [2.05, 4.69) is 64.8 Å². The summed E-state index contributed by atoms with van der Waals surface area (Å²) in [6.45, 7) is 15.6. The molecule has 7 unspecified atom stereocenters. The van der Waals surface area contributed by atoms with Gasteiger partial charge in [0.1, 0.15) is 5.69 Å². The van der Waals surface area contributed by atoms with Gasteiger partial charge in [-0.1, -0.05) is 37.9 Å². The Kier molecular flexibility index (Phi) is 7.60. The molecule has 218 valence electrons. The van der Waals surface area contributed by atoms with Crippen LogP contribution in [0.25, 0.3) is 11.6 Å². The van der Waals surface area contributed by atoms with Crippen LogP contribution in [0.15, 0.2) is 22.0 Å². The highest BCUT2D eigenvalue weighted by Crippen LogP contribution is 2.47. The average Bonchev–Trinajstić information content (AvgIpc) is 3.51. The summed E-state index contributed by atoms with van der Waals surface area (Å²) < 4.78 is 10.6. The van der Waals surface area contributed by atoms with Crippen LogP contribution in [-0.2, 0) is 4.74 Å². The van der Waals surface area contributed by atoms with Crippen molar-refractivity contribution in [3.05, 3.63) is 23.2 Å². The number of ether oxygens (including phenoxy) is 1. The van der Waals surface area contributed by atoms with Crippen LogP contribution < -0.4 is 21.3 Å². The summed E-state index contributed by atoms with van der Waals surface area (Å²) >= 11 is 0. The van der Waals surface area contributed by atoms with Gasteiger partial charge >= 0.3 is 5.76 Å². The lowest BCUT2D eigenvalue weighted by Gasteiger charge is -2.47. The molecule has 11 heteroatoms. The van der Waals surface area contributed by atoms with Crippen LogP contribution in [0.1, 0.15) is 66.2 Å². The van der Waals surface area contributed by atoms with Crippen molar-refractivity contribution in [1.29, 1.82) is 0 Å². The minimum Gasteiger partial charge on any atom is -0.378 e. The van der Waals surface area contributed by atoms with E-state index < -0.39 is 5.76 Å². The van der Waals surface area contributed by atoms with Gasteiger partial charge in [0.05, 0.1) is 19.3 Å². The average molecular weight is 553 g/mol. The number of hydrogen-bond donors (Lipinski definition) is 3. The number of nitrogens with one attached hydrogen (secondary N) is 3. The second-order valence-electron chi connectivity index (χ2n) is 12.5. The lowest BCUT2D eigenvalue weighted by molar-refractivity contribution is -0.00845. The fraction of sp³-hybridized carbons (Fsp3) is 0.724. The molecule has 2 aliphatic carbocycles. The Morgan fingerprint density at radius 1 is 1.18 bits per heavy atom. The second-order valence-corrected chi connectivity index (χ2v) is 12.5. The number of morpholine rings is 1. The first-order valence-electron chi connectivity index (χ1n) is 15.1. The fourth-order valence-corrected chi connectivity index (χ4v) is 7.34. The third-order valence-electron chi connectivity index (χ3n) is 9.90. The summed E-state index contributed by atoms with van der Waals surface area (Å²) in [6, 6.07) is 0.575. The van der Waals surface area contributed by atoms with Crippen molar-refractivity contribution in [3.63, 3.8) is 0 Å². The van der Waals surface area contributed by atoms with Gasteiger partial charge in [-0.05, 0) is 63.2 Å². The number of hydrogen-bond acceptors (Lipinski definition) is 10. The standard InChI is InChI=1S/C29H44N8O3/c1-6-21-15-39-13-12-36(21)28-33-25-23(37(28)19(5)22-11-10-16(2)14-17(22)3)24(30-18(4)20-8-7-9-20)31-26(32-25)27-34-29(38)40-35-27/h6,16-22,28H,1,7-15H2,2-5H3,(H,34,35,38)(H2,30,31,32,33). The summed E-state index contributed by atoms with van der Waals surface area (Å²) in [5.41, 5.74) is 0.985. The van der Waals surface area contributed by atoms with E-state index in [0.29, 0.717) is 36.8 Å². The van der Waals surface area contributed by atoms with Crippen molar-refractivity contribution in [3.8, 4) is 11.6 Å². The first-order chi connectivity index (χ1) is 19.3. The van der Waals surface area contributed by atoms with Gasteiger partial charge in [0.15, 0.2) is 17.9 Å². The normalized spacial score (nSPS) is 30.7. The summed E-state index contributed by atoms with van der Waals surface area (Å²) in [6.07, 6.45) is 9.27. The molecule has 0 aromatic carbocycles. The molecular formula is C29H44N8O3. The van der Waals surface area contributed by atoms with E-state index in [1.807, 2.05) is 6.08 Å². The monoisotopic (exact) mass is 552 g/mol. The second kappa shape index (κ2) is 11.2. The maximum atomic E-state index is 11.8. The van der Waals surface area contributed by atoms with Crippen LogP contribution in [0, 0.1) is 23.7 Å². The van der Waals surface area contributed by atoms with Gasteiger partial charge in [-0.15, -0.1) is 6.58 Å². The zero-order chi connectivity index (χ0) is 28.0. The number of H-pyrrole nitrogens is 1. The molecule has 2 saturated carbocycles. The van der Waals surface area contributed by atoms with E-state index in [0.717, 1.165) is 29.8 Å². The van der Waals surface area contributed by atoms with Crippen LogP contribution in [0.5, 0.6) is 0 Å². The lowest BCUT2D eigenvalue weighted by atomic mass is 9.72. The molecule has 0 bridgehead atoms. The van der Waals surface area contributed by atoms with Gasteiger partial charge in [-0.25, -0.2) is 14.8 Å². The van der Waals surface area contributed by atoms with E-state index in [9.17, 15) is 4.79 Å². The SMILES string of the molecule is C=CC1COCCN1C1Nc2nc(-c3noc(=O)[nH]3)nc(NC(C)C3CCC3)c2N1C(C)C1CCC(C)CC1C. The fourth-order valence-electron chi connectivity index (χ4n) is 7.34. The van der Waals surface area contributed by atoms with Gasteiger partial charge in [-0.3, -0.25) is 14.4 Å². The first kappa shape index (κ1) is 27.3. The Morgan fingerprint density at radius 2 is 2.00 bits per heavy atom. The lowest BCUT2D eigenvalue weighted by Crippen LogP contribution is -2.61. The predicted molar refractivity (Wildman–Crippen MR) is 155 cm³/mol. The molecule has 1 saturated heterocycles. The van der Waals surface area contributed by atoms with Crippen molar-refractivity contribution < 1.29 is 9.26 Å². The van der Waals surface area contributed by atoms with Crippen molar-refractivity contribution >= 4 is 17.3 Å². The van der Waals surface area contributed by atoms with Crippen LogP contribution >= 0.6 is 0 Å². The molecule has 6 rings (SSSR count). The van der Waals surface area contributed by atoms with Crippen molar-refractivity contribution in [2.45, 2.75) is 90.6 Å². The summed E-state index contributed by atoms with van der Waals surface area (Å²) in [7, 11) is 0. The van der Waals surface area contributed by atoms with E-state index in [1.165, 1.54) is 38.5 Å². The molecular weight excluding hydrogens is 508 g/mol. The molecule has 4 heterocycles. The van der Waals surface area contributed by atoms with Crippen LogP contribution in [0.2, 0.25) is 0 Å². The number of anilines is 3. The van der Waals surface area contributed by atoms with Gasteiger partial charge < -0.3 is 20.3 Å². The van der Waals surface area contributed by atoms with E-state index in [-0.39, 0.29) is 30.2 Å². The number of aromatic nitrogens is 4. The number of nitrogens with zero attached hydrogens (tertiary/aromatic N) is 5. The Morgan fingerprint density at radius 3 is 2.67 bits per heavy atom. The van der Waals surface area contributed by atoms with Gasteiger partial charge in [-0.2, -0.15) is 0 Å². The summed E-state index contributed by atoms with van der Waals surface area (Å²) in [5, 5.41) is 11.4. The zero-order valence-corrected chi connectivity index (χ0v) is 24.2. The molecule has 2 aromatic heterocycles. The zero-order valence-electron chi connectivity index (χ0n) is 24.2. The quantitative estimate of drug-likeness (QED) is 0.409. The number of fused-ring (bicyclic) bond motifs is 1.